The summed E-state index contributed by atoms with van der Waals surface area (Å²) >= 11 is 0. The molecule has 3 rings (SSSR count). The number of hydrogen-bond donors (Lipinski definition) is 1. The van der Waals surface area contributed by atoms with E-state index in [1.807, 2.05) is 17.9 Å². The molecule has 0 radical (unpaired) electrons. The lowest BCUT2D eigenvalue weighted by Crippen LogP contribution is -2.43. The summed E-state index contributed by atoms with van der Waals surface area (Å²) in [5, 5.41) is 6.98. The summed E-state index contributed by atoms with van der Waals surface area (Å²) in [5.41, 5.74) is 0.474. The highest BCUT2D eigenvalue weighted by Crippen LogP contribution is 2.26. The van der Waals surface area contributed by atoms with Gasteiger partial charge in [0.2, 0.25) is 0 Å². The molecule has 0 saturated carbocycles. The van der Waals surface area contributed by atoms with Crippen molar-refractivity contribution in [1.29, 1.82) is 0 Å². The molecule has 2 aliphatic rings. The number of hydrogen-bond acceptors (Lipinski definition) is 4. The van der Waals surface area contributed by atoms with Crippen LogP contribution in [0, 0.1) is 0 Å². The molecule has 1 aromatic heterocycles. The molecule has 0 aliphatic carbocycles. The molecule has 3 heterocycles. The fourth-order valence-electron chi connectivity index (χ4n) is 3.55. The smallest absolute Gasteiger partial charge is 0.324 e. The van der Waals surface area contributed by atoms with Crippen LogP contribution in [0.2, 0.25) is 0 Å². The largest absolute Gasteiger partial charge is 0.325 e. The molecule has 1 unspecified atom stereocenters. The molecule has 23 heavy (non-hydrogen) atoms. The average Bonchev–Trinajstić information content (AvgIpc) is 3.00. The third kappa shape index (κ3) is 3.10. The number of amides is 3. The molecule has 2 fully saturated rings. The second-order valence-corrected chi connectivity index (χ2v) is 7.03. The Labute approximate surface area is 136 Å². The Morgan fingerprint density at radius 1 is 1.35 bits per heavy atom. The number of rotatable bonds is 4. The molecule has 1 aromatic rings. The Balaban J connectivity index is 1.58. The molecule has 1 N–H and O–H groups in total. The van der Waals surface area contributed by atoms with Gasteiger partial charge in [-0.3, -0.25) is 14.4 Å². The number of carbonyl (C=O) groups is 2. The van der Waals surface area contributed by atoms with E-state index in [-0.39, 0.29) is 11.9 Å². The van der Waals surface area contributed by atoms with E-state index in [4.69, 9.17) is 0 Å². The van der Waals surface area contributed by atoms with E-state index < -0.39 is 5.54 Å². The van der Waals surface area contributed by atoms with Gasteiger partial charge >= 0.3 is 6.03 Å². The van der Waals surface area contributed by atoms with Crippen LogP contribution in [0.15, 0.2) is 12.3 Å². The highest BCUT2D eigenvalue weighted by atomic mass is 16.2. The number of aryl methyl sites for hydroxylation is 1. The zero-order valence-electron chi connectivity index (χ0n) is 14.1. The Morgan fingerprint density at radius 3 is 2.74 bits per heavy atom. The molecular formula is C16H25N5O2. The zero-order valence-corrected chi connectivity index (χ0v) is 14.1. The highest BCUT2D eigenvalue weighted by molar-refractivity contribution is 6.06. The fourth-order valence-corrected chi connectivity index (χ4v) is 3.55. The van der Waals surface area contributed by atoms with Gasteiger partial charge < -0.3 is 10.2 Å². The average molecular weight is 319 g/mol. The summed E-state index contributed by atoms with van der Waals surface area (Å²) in [6.45, 7) is 6.63. The van der Waals surface area contributed by atoms with Crippen molar-refractivity contribution >= 4 is 11.9 Å². The van der Waals surface area contributed by atoms with Crippen LogP contribution >= 0.6 is 0 Å². The van der Waals surface area contributed by atoms with Gasteiger partial charge in [0.1, 0.15) is 5.54 Å². The van der Waals surface area contributed by atoms with Crippen molar-refractivity contribution in [2.24, 2.45) is 7.05 Å². The predicted octanol–water partition coefficient (Wildman–Crippen LogP) is 0.930. The van der Waals surface area contributed by atoms with E-state index >= 15 is 0 Å². The maximum atomic E-state index is 12.2. The predicted molar refractivity (Wildman–Crippen MR) is 85.9 cm³/mol. The van der Waals surface area contributed by atoms with Gasteiger partial charge in [0, 0.05) is 44.5 Å². The van der Waals surface area contributed by atoms with Gasteiger partial charge in [0.05, 0.1) is 0 Å². The number of urea groups is 1. The minimum atomic E-state index is -0.782. The van der Waals surface area contributed by atoms with Crippen molar-refractivity contribution in [2.75, 3.05) is 26.2 Å². The van der Waals surface area contributed by atoms with Crippen molar-refractivity contribution in [3.05, 3.63) is 18.0 Å². The summed E-state index contributed by atoms with van der Waals surface area (Å²) in [6.07, 6.45) is 4.12. The monoisotopic (exact) mass is 319 g/mol. The Hall–Kier alpha value is -1.89. The summed E-state index contributed by atoms with van der Waals surface area (Å²) in [5.74, 6) is 0.332. The van der Waals surface area contributed by atoms with Gasteiger partial charge in [0.25, 0.3) is 5.91 Å². The van der Waals surface area contributed by atoms with Gasteiger partial charge in [0.15, 0.2) is 0 Å². The molecule has 0 spiro atoms. The van der Waals surface area contributed by atoms with Crippen LogP contribution in [0.1, 0.15) is 38.3 Å². The van der Waals surface area contributed by atoms with Crippen molar-refractivity contribution in [3.63, 3.8) is 0 Å². The lowest BCUT2D eigenvalue weighted by atomic mass is 9.94. The summed E-state index contributed by atoms with van der Waals surface area (Å²) in [6, 6.07) is 1.80. The first-order valence-electron chi connectivity index (χ1n) is 8.23. The first-order valence-corrected chi connectivity index (χ1v) is 8.23. The van der Waals surface area contributed by atoms with Crippen molar-refractivity contribution < 1.29 is 9.59 Å². The molecule has 2 aliphatic heterocycles. The molecule has 3 amide bonds. The lowest BCUT2D eigenvalue weighted by molar-refractivity contribution is -0.130. The number of likely N-dealkylation sites (tertiary alicyclic amines) is 1. The Bertz CT molecular complexity index is 609. The minimum absolute atomic E-state index is 0.136. The van der Waals surface area contributed by atoms with E-state index in [1.54, 1.807) is 13.8 Å². The number of piperidine rings is 1. The number of carbonyl (C=O) groups excluding carboxylic acids is 2. The molecule has 0 bridgehead atoms. The fraction of sp³-hybridized carbons (Fsp3) is 0.688. The number of nitrogens with zero attached hydrogens (tertiary/aromatic N) is 4. The molecule has 0 aromatic carbocycles. The van der Waals surface area contributed by atoms with E-state index in [1.165, 1.54) is 10.6 Å². The van der Waals surface area contributed by atoms with Crippen LogP contribution in [0.4, 0.5) is 4.79 Å². The zero-order chi connectivity index (χ0) is 16.6. The summed E-state index contributed by atoms with van der Waals surface area (Å²) in [4.78, 5) is 27.8. The first-order chi connectivity index (χ1) is 10.9. The maximum Gasteiger partial charge on any atom is 0.325 e. The van der Waals surface area contributed by atoms with Crippen molar-refractivity contribution in [3.8, 4) is 0 Å². The molecule has 2 saturated heterocycles. The third-order valence-electron chi connectivity index (χ3n) is 4.87. The summed E-state index contributed by atoms with van der Waals surface area (Å²) in [7, 11) is 1.98. The first kappa shape index (κ1) is 16.0. The normalized spacial score (nSPS) is 25.0. The number of aromatic nitrogens is 2. The second-order valence-electron chi connectivity index (χ2n) is 7.03. The Morgan fingerprint density at radius 2 is 2.13 bits per heavy atom. The van der Waals surface area contributed by atoms with Crippen molar-refractivity contribution in [1.82, 2.24) is 24.9 Å². The van der Waals surface area contributed by atoms with Crippen LogP contribution in [0.5, 0.6) is 0 Å². The maximum absolute atomic E-state index is 12.2. The third-order valence-corrected chi connectivity index (χ3v) is 4.87. The highest BCUT2D eigenvalue weighted by Gasteiger charge is 2.44. The van der Waals surface area contributed by atoms with Gasteiger partial charge in [-0.1, -0.05) is 0 Å². The molecule has 7 nitrogen and oxygen atoms in total. The van der Waals surface area contributed by atoms with Gasteiger partial charge in [-0.05, 0) is 39.3 Å². The minimum Gasteiger partial charge on any atom is -0.324 e. The topological polar surface area (TPSA) is 70.5 Å². The van der Waals surface area contributed by atoms with E-state index in [2.05, 4.69) is 21.4 Å². The SMILES string of the molecule is Cn1nccc1C1CCCN(CCN2C(=O)NC(C)(C)C2=O)C1. The van der Waals surface area contributed by atoms with Crippen LogP contribution < -0.4 is 5.32 Å². The van der Waals surface area contributed by atoms with Crippen molar-refractivity contribution in [2.45, 2.75) is 38.1 Å². The number of nitrogens with one attached hydrogen (secondary N) is 1. The van der Waals surface area contributed by atoms with Crippen LogP contribution in [0.3, 0.4) is 0 Å². The standard InChI is InChI=1S/C16H25N5O2/c1-16(2)14(22)21(15(23)18-16)10-9-20-8-4-5-12(11-20)13-6-7-17-19(13)3/h6-7,12H,4-5,8-11H2,1-3H3,(H,18,23). The van der Waals surface area contributed by atoms with E-state index in [0.717, 1.165) is 32.5 Å². The molecule has 7 heteroatoms. The summed E-state index contributed by atoms with van der Waals surface area (Å²) < 4.78 is 1.94. The second kappa shape index (κ2) is 5.96. The van der Waals surface area contributed by atoms with Gasteiger partial charge in [-0.25, -0.2) is 4.79 Å². The lowest BCUT2D eigenvalue weighted by Gasteiger charge is -2.33. The van der Waals surface area contributed by atoms with E-state index in [0.29, 0.717) is 12.5 Å². The van der Waals surface area contributed by atoms with Gasteiger partial charge in [-0.2, -0.15) is 5.10 Å². The molecule has 1 atom stereocenters. The molecule has 126 valence electrons. The van der Waals surface area contributed by atoms with Crippen LogP contribution in [-0.4, -0.2) is 63.2 Å². The quantitative estimate of drug-likeness (QED) is 0.838. The Kier molecular flexibility index (Phi) is 4.14. The van der Waals surface area contributed by atoms with Crippen LogP contribution in [0.25, 0.3) is 0 Å². The van der Waals surface area contributed by atoms with Gasteiger partial charge in [-0.15, -0.1) is 0 Å². The molecular weight excluding hydrogens is 294 g/mol. The number of imide groups is 1. The van der Waals surface area contributed by atoms with E-state index in [9.17, 15) is 9.59 Å². The van der Waals surface area contributed by atoms with Crippen LogP contribution in [-0.2, 0) is 11.8 Å².